The second-order valence-electron chi connectivity index (χ2n) is 15.0. The lowest BCUT2D eigenvalue weighted by Gasteiger charge is -2.24. The molecule has 2 aliphatic rings. The van der Waals surface area contributed by atoms with Gasteiger partial charge in [0.25, 0.3) is 0 Å². The average molecular weight is 1010 g/mol. The number of ether oxygens (including phenoxy) is 8. The third-order valence-corrected chi connectivity index (χ3v) is 12.7. The Bertz CT molecular complexity index is 2130. The number of thiophene rings is 2. The van der Waals surface area contributed by atoms with Gasteiger partial charge in [0.05, 0.1) is 19.8 Å². The summed E-state index contributed by atoms with van der Waals surface area (Å²) >= 11 is 10.1. The Labute approximate surface area is 390 Å². The van der Waals surface area contributed by atoms with Gasteiger partial charge in [-0.1, -0.05) is 93.2 Å². The molecule has 0 amide bonds. The number of halogens is 2. The highest BCUT2D eigenvalue weighted by Gasteiger charge is 2.22. The van der Waals surface area contributed by atoms with Gasteiger partial charge in [-0.2, -0.15) is 0 Å². The number of benzene rings is 4. The van der Waals surface area contributed by atoms with Gasteiger partial charge in [0.2, 0.25) is 0 Å². The summed E-state index contributed by atoms with van der Waals surface area (Å²) in [6.07, 6.45) is 8.73. The van der Waals surface area contributed by atoms with Crippen LogP contribution in [0.15, 0.2) is 128 Å². The molecule has 4 heterocycles. The molecule has 1 unspecified atom stereocenters. The van der Waals surface area contributed by atoms with Crippen molar-refractivity contribution in [1.82, 2.24) is 0 Å². The van der Waals surface area contributed by atoms with E-state index in [1.165, 1.54) is 22.3 Å². The minimum absolute atomic E-state index is 0.00103. The van der Waals surface area contributed by atoms with Crippen LogP contribution >= 0.6 is 54.5 Å². The van der Waals surface area contributed by atoms with Crippen molar-refractivity contribution >= 4 is 54.5 Å². The molecule has 328 valence electrons. The van der Waals surface area contributed by atoms with E-state index >= 15 is 0 Å². The van der Waals surface area contributed by atoms with Crippen LogP contribution in [-0.2, 0) is 9.47 Å². The molecular formula is C50H54Br2O8S2. The minimum atomic E-state index is -0.00866. The summed E-state index contributed by atoms with van der Waals surface area (Å²) in [5.74, 6) is 5.20. The van der Waals surface area contributed by atoms with E-state index in [0.29, 0.717) is 26.4 Å². The van der Waals surface area contributed by atoms with Gasteiger partial charge in [0.1, 0.15) is 37.4 Å². The average Bonchev–Trinajstić information content (AvgIpc) is 3.93. The third kappa shape index (κ3) is 15.1. The number of fused-ring (bicyclic) bond motifs is 2. The smallest absolute Gasteiger partial charge is 0.172 e. The van der Waals surface area contributed by atoms with Crippen molar-refractivity contribution in [3.63, 3.8) is 0 Å². The van der Waals surface area contributed by atoms with Crippen LogP contribution in [0.25, 0.3) is 22.3 Å². The molecule has 6 aromatic rings. The van der Waals surface area contributed by atoms with Crippen LogP contribution < -0.4 is 28.4 Å². The first-order valence-electron chi connectivity index (χ1n) is 21.4. The summed E-state index contributed by atoms with van der Waals surface area (Å²) in [5.41, 5.74) is 4.80. The van der Waals surface area contributed by atoms with Crippen LogP contribution in [0.2, 0.25) is 0 Å². The molecule has 12 heteroatoms. The van der Waals surface area contributed by atoms with E-state index in [2.05, 4.69) is 105 Å². The normalized spacial score (nSPS) is 14.4. The number of unbranched alkanes of at least 4 members (excludes halogenated alkanes) is 6. The molecule has 0 saturated carbocycles. The summed E-state index contributed by atoms with van der Waals surface area (Å²) in [6, 6.07) is 33.3. The lowest BCUT2D eigenvalue weighted by atomic mass is 10.1. The summed E-state index contributed by atoms with van der Waals surface area (Å²) in [4.78, 5) is 0. The van der Waals surface area contributed by atoms with Crippen LogP contribution in [0.5, 0.6) is 34.5 Å². The number of hydrogen-bond acceptors (Lipinski definition) is 10. The standard InChI is InChI=1S/2C25H27BrO4S/c26-21-9-5-19(6-10-21)20-7-11-22(12-8-20)27-13-3-1-2-4-14-28-23-15-29-24-17-31-18-25(24)30-16-23;26-21-9-5-19(6-10-21)20-7-11-22(12-8-20)28-14-4-2-1-3-13-27-15-23-16-29-24-17-31-18-25(24)30-23/h2*5-12,17-18,23H,1-4,13-16H2. The molecule has 0 N–H and O–H groups in total. The lowest BCUT2D eigenvalue weighted by Crippen LogP contribution is -2.33. The van der Waals surface area contributed by atoms with Gasteiger partial charge in [-0.15, -0.1) is 22.7 Å². The Morgan fingerprint density at radius 2 is 0.855 bits per heavy atom. The Morgan fingerprint density at radius 3 is 1.35 bits per heavy atom. The van der Waals surface area contributed by atoms with Crippen molar-refractivity contribution in [1.29, 1.82) is 0 Å². The van der Waals surface area contributed by atoms with Gasteiger partial charge in [-0.3, -0.25) is 0 Å². The molecule has 4 aromatic carbocycles. The fourth-order valence-electron chi connectivity index (χ4n) is 6.77. The molecule has 8 nitrogen and oxygen atoms in total. The van der Waals surface area contributed by atoms with Crippen molar-refractivity contribution in [2.24, 2.45) is 0 Å². The molecule has 8 rings (SSSR count). The monoisotopic (exact) mass is 1000 g/mol. The maximum absolute atomic E-state index is 5.91. The van der Waals surface area contributed by atoms with Crippen molar-refractivity contribution < 1.29 is 37.9 Å². The van der Waals surface area contributed by atoms with Crippen molar-refractivity contribution in [3.05, 3.63) is 128 Å². The highest BCUT2D eigenvalue weighted by Crippen LogP contribution is 2.36. The van der Waals surface area contributed by atoms with E-state index in [1.54, 1.807) is 22.7 Å². The molecular weight excluding hydrogens is 952 g/mol. The molecule has 0 saturated heterocycles. The summed E-state index contributed by atoms with van der Waals surface area (Å²) < 4.78 is 48.6. The zero-order valence-electron chi connectivity index (χ0n) is 34.9. The van der Waals surface area contributed by atoms with Crippen molar-refractivity contribution in [2.45, 2.75) is 63.6 Å². The first-order valence-corrected chi connectivity index (χ1v) is 24.9. The molecule has 2 aliphatic heterocycles. The molecule has 0 fully saturated rings. The van der Waals surface area contributed by atoms with Crippen LogP contribution in [0, 0.1) is 0 Å². The van der Waals surface area contributed by atoms with Crippen molar-refractivity contribution in [3.8, 4) is 56.8 Å². The first kappa shape index (κ1) is 46.0. The van der Waals surface area contributed by atoms with Gasteiger partial charge in [-0.25, -0.2) is 0 Å². The highest BCUT2D eigenvalue weighted by atomic mass is 79.9. The minimum Gasteiger partial charge on any atom is -0.494 e. The molecule has 0 aliphatic carbocycles. The maximum Gasteiger partial charge on any atom is 0.172 e. The van der Waals surface area contributed by atoms with Gasteiger partial charge < -0.3 is 37.9 Å². The maximum atomic E-state index is 5.91. The summed E-state index contributed by atoms with van der Waals surface area (Å²) in [6.45, 7) is 5.23. The van der Waals surface area contributed by atoms with Crippen LogP contribution in [0.3, 0.4) is 0 Å². The van der Waals surface area contributed by atoms with E-state index in [1.807, 2.05) is 45.8 Å². The van der Waals surface area contributed by atoms with Gasteiger partial charge in [0, 0.05) is 43.7 Å². The summed E-state index contributed by atoms with van der Waals surface area (Å²) in [5, 5.41) is 7.88. The van der Waals surface area contributed by atoms with Crippen LogP contribution in [-0.4, -0.2) is 65.1 Å². The van der Waals surface area contributed by atoms with Gasteiger partial charge in [0.15, 0.2) is 29.1 Å². The van der Waals surface area contributed by atoms with E-state index < -0.39 is 0 Å². The first-order chi connectivity index (χ1) is 30.6. The van der Waals surface area contributed by atoms with E-state index in [-0.39, 0.29) is 12.2 Å². The van der Waals surface area contributed by atoms with Gasteiger partial charge in [-0.05, 0) is 109 Å². The lowest BCUT2D eigenvalue weighted by molar-refractivity contribution is 0.00102. The largest absolute Gasteiger partial charge is 0.494 e. The molecule has 0 spiro atoms. The van der Waals surface area contributed by atoms with Crippen LogP contribution in [0.4, 0.5) is 0 Å². The number of rotatable bonds is 21. The van der Waals surface area contributed by atoms with E-state index in [9.17, 15) is 0 Å². The molecule has 0 radical (unpaired) electrons. The second-order valence-corrected chi connectivity index (χ2v) is 18.3. The molecule has 1 atom stereocenters. The Balaban J connectivity index is 0.000000186. The second kappa shape index (κ2) is 25.3. The molecule has 2 aromatic heterocycles. The fraction of sp³-hybridized carbons (Fsp3) is 0.360. The zero-order valence-corrected chi connectivity index (χ0v) is 39.7. The van der Waals surface area contributed by atoms with Gasteiger partial charge >= 0.3 is 0 Å². The number of hydrogen-bond donors (Lipinski definition) is 0. The van der Waals surface area contributed by atoms with Crippen molar-refractivity contribution in [2.75, 3.05) is 52.9 Å². The Kier molecular flexibility index (Phi) is 18.8. The molecule has 0 bridgehead atoms. The fourth-order valence-corrected chi connectivity index (χ4v) is 8.65. The van der Waals surface area contributed by atoms with E-state index in [0.717, 1.165) is 121 Å². The molecule has 62 heavy (non-hydrogen) atoms. The topological polar surface area (TPSA) is 73.8 Å². The van der Waals surface area contributed by atoms with Crippen LogP contribution in [0.1, 0.15) is 51.4 Å². The SMILES string of the molecule is Brc1ccc(-c2ccc(OCCCCCCOC3COc4cscc4OC3)cc2)cc1.Brc1ccc(-c2ccc(OCCCCCCOCC3COc4cscc4O3)cc2)cc1. The quantitative estimate of drug-likeness (QED) is 0.0660. The third-order valence-electron chi connectivity index (χ3n) is 10.2. The predicted molar refractivity (Wildman–Crippen MR) is 257 cm³/mol. The highest BCUT2D eigenvalue weighted by molar-refractivity contribution is 9.10. The van der Waals surface area contributed by atoms with E-state index in [4.69, 9.17) is 37.9 Å². The predicted octanol–water partition coefficient (Wildman–Crippen LogP) is 13.9. The summed E-state index contributed by atoms with van der Waals surface area (Å²) in [7, 11) is 0. The Morgan fingerprint density at radius 1 is 0.452 bits per heavy atom. The zero-order chi connectivity index (χ0) is 42.6. The Hall–Kier alpha value is -4.04.